The number of ether oxygens (including phenoxy) is 1. The lowest BCUT2D eigenvalue weighted by Crippen LogP contribution is -2.23. The SMILES string of the molecule is O=C(/C=C/c1ccc(/C=C2\Oc3ccccc3NC2=O)s1)NCc1cccnc1. The molecular weight excluding hydrogens is 386 g/mol. The third-order valence-electron chi connectivity index (χ3n) is 4.09. The van der Waals surface area contributed by atoms with Gasteiger partial charge in [0.05, 0.1) is 5.69 Å². The van der Waals surface area contributed by atoms with Gasteiger partial charge in [-0.15, -0.1) is 11.3 Å². The number of thiophene rings is 1. The summed E-state index contributed by atoms with van der Waals surface area (Å²) in [7, 11) is 0. The summed E-state index contributed by atoms with van der Waals surface area (Å²) in [5.74, 6) is 0.369. The van der Waals surface area contributed by atoms with Crippen LogP contribution in [0.25, 0.3) is 12.2 Å². The Labute approximate surface area is 171 Å². The quantitative estimate of drug-likeness (QED) is 0.634. The van der Waals surface area contributed by atoms with Crippen LogP contribution < -0.4 is 15.4 Å². The van der Waals surface area contributed by atoms with Crippen molar-refractivity contribution in [2.24, 2.45) is 0 Å². The molecule has 7 heteroatoms. The first-order chi connectivity index (χ1) is 14.2. The maximum absolute atomic E-state index is 12.2. The summed E-state index contributed by atoms with van der Waals surface area (Å²) in [5.41, 5.74) is 1.59. The van der Waals surface area contributed by atoms with Crippen LogP contribution in [0.5, 0.6) is 5.75 Å². The number of rotatable bonds is 5. The van der Waals surface area contributed by atoms with Gasteiger partial charge in [-0.05, 0) is 42.0 Å². The van der Waals surface area contributed by atoms with Crippen LogP contribution in [-0.4, -0.2) is 16.8 Å². The van der Waals surface area contributed by atoms with Crippen molar-refractivity contribution in [1.82, 2.24) is 10.3 Å². The fourth-order valence-electron chi connectivity index (χ4n) is 2.68. The average molecular weight is 403 g/mol. The minimum atomic E-state index is -0.288. The van der Waals surface area contributed by atoms with Crippen LogP contribution in [0.4, 0.5) is 5.69 Å². The largest absolute Gasteiger partial charge is 0.449 e. The fraction of sp³-hybridized carbons (Fsp3) is 0.0455. The number of nitrogens with zero attached hydrogens (tertiary/aromatic N) is 1. The van der Waals surface area contributed by atoms with Crippen molar-refractivity contribution in [2.45, 2.75) is 6.54 Å². The van der Waals surface area contributed by atoms with E-state index in [2.05, 4.69) is 15.6 Å². The fourth-order valence-corrected chi connectivity index (χ4v) is 3.52. The van der Waals surface area contributed by atoms with Gasteiger partial charge in [0.1, 0.15) is 0 Å². The molecule has 0 bridgehead atoms. The lowest BCUT2D eigenvalue weighted by Gasteiger charge is -2.19. The summed E-state index contributed by atoms with van der Waals surface area (Å²) < 4.78 is 5.70. The van der Waals surface area contributed by atoms with E-state index in [4.69, 9.17) is 4.74 Å². The molecule has 0 unspecified atom stereocenters. The molecule has 0 atom stereocenters. The van der Waals surface area contributed by atoms with Crippen molar-refractivity contribution in [2.75, 3.05) is 5.32 Å². The molecule has 2 amide bonds. The van der Waals surface area contributed by atoms with Crippen LogP contribution in [0.3, 0.4) is 0 Å². The number of hydrogen-bond donors (Lipinski definition) is 2. The van der Waals surface area contributed by atoms with Crippen LogP contribution in [0.15, 0.2) is 72.8 Å². The average Bonchev–Trinajstić information content (AvgIpc) is 3.19. The molecule has 2 aromatic heterocycles. The normalized spacial score (nSPS) is 14.3. The first-order valence-corrected chi connectivity index (χ1v) is 9.73. The maximum Gasteiger partial charge on any atom is 0.291 e. The summed E-state index contributed by atoms with van der Waals surface area (Å²) in [6, 6.07) is 14.8. The van der Waals surface area contributed by atoms with Crippen molar-refractivity contribution in [1.29, 1.82) is 0 Å². The molecule has 0 fully saturated rings. The molecule has 0 aliphatic carbocycles. The van der Waals surface area contributed by atoms with Gasteiger partial charge in [-0.3, -0.25) is 14.6 Å². The third kappa shape index (κ3) is 4.77. The second-order valence-corrected chi connectivity index (χ2v) is 7.36. The molecule has 3 aromatic rings. The van der Waals surface area contributed by atoms with Gasteiger partial charge in [0.25, 0.3) is 5.91 Å². The smallest absolute Gasteiger partial charge is 0.291 e. The Kier molecular flexibility index (Phi) is 5.49. The predicted octanol–water partition coefficient (Wildman–Crippen LogP) is 3.84. The Morgan fingerprint density at radius 3 is 2.86 bits per heavy atom. The highest BCUT2D eigenvalue weighted by Crippen LogP contribution is 2.31. The Morgan fingerprint density at radius 2 is 2.00 bits per heavy atom. The van der Waals surface area contributed by atoms with Crippen molar-refractivity contribution in [3.8, 4) is 5.75 Å². The highest BCUT2D eigenvalue weighted by Gasteiger charge is 2.21. The van der Waals surface area contributed by atoms with E-state index in [0.29, 0.717) is 18.0 Å². The van der Waals surface area contributed by atoms with Crippen molar-refractivity contribution in [3.63, 3.8) is 0 Å². The zero-order valence-corrected chi connectivity index (χ0v) is 16.1. The van der Waals surface area contributed by atoms with Gasteiger partial charge in [-0.2, -0.15) is 0 Å². The summed E-state index contributed by atoms with van der Waals surface area (Å²) in [6.07, 6.45) is 8.32. The number of carbonyl (C=O) groups is 2. The number of benzene rings is 1. The van der Waals surface area contributed by atoms with E-state index < -0.39 is 0 Å². The molecule has 1 aliphatic heterocycles. The van der Waals surface area contributed by atoms with Gasteiger partial charge in [0, 0.05) is 40.8 Å². The van der Waals surface area contributed by atoms with Crippen LogP contribution in [0.2, 0.25) is 0 Å². The minimum absolute atomic E-state index is 0.186. The van der Waals surface area contributed by atoms with Crippen molar-refractivity contribution in [3.05, 3.63) is 88.1 Å². The monoisotopic (exact) mass is 403 g/mol. The second kappa shape index (κ2) is 8.53. The van der Waals surface area contributed by atoms with E-state index in [9.17, 15) is 9.59 Å². The molecule has 29 heavy (non-hydrogen) atoms. The van der Waals surface area contributed by atoms with E-state index >= 15 is 0 Å². The molecule has 0 spiro atoms. The molecule has 0 saturated heterocycles. The van der Waals surface area contributed by atoms with Gasteiger partial charge in [0.15, 0.2) is 11.5 Å². The van der Waals surface area contributed by atoms with Crippen molar-refractivity contribution < 1.29 is 14.3 Å². The maximum atomic E-state index is 12.2. The number of aromatic nitrogens is 1. The Hall–Kier alpha value is -3.71. The summed E-state index contributed by atoms with van der Waals surface area (Å²) in [4.78, 5) is 29.9. The number of carbonyl (C=O) groups excluding carboxylic acids is 2. The number of amides is 2. The predicted molar refractivity (Wildman–Crippen MR) is 113 cm³/mol. The molecule has 0 radical (unpaired) electrons. The van der Waals surface area contributed by atoms with E-state index in [1.54, 1.807) is 36.7 Å². The number of hydrogen-bond acceptors (Lipinski definition) is 5. The summed E-state index contributed by atoms with van der Waals surface area (Å²) >= 11 is 1.45. The summed E-state index contributed by atoms with van der Waals surface area (Å²) in [5, 5.41) is 5.62. The third-order valence-corrected chi connectivity index (χ3v) is 5.09. The number of anilines is 1. The molecule has 0 saturated carbocycles. The first kappa shape index (κ1) is 18.6. The second-order valence-electron chi connectivity index (χ2n) is 6.21. The van der Waals surface area contributed by atoms with Gasteiger partial charge < -0.3 is 15.4 Å². The standard InChI is InChI=1S/C22H17N3O3S/c26-21(24-14-15-4-3-11-23-13-15)10-9-16-7-8-17(29-16)12-20-22(27)25-18-5-1-2-6-19(18)28-20/h1-13H,14H2,(H,24,26)(H,25,27)/b10-9+,20-12-. The Morgan fingerprint density at radius 1 is 1.14 bits per heavy atom. The molecule has 2 N–H and O–H groups in total. The van der Waals surface area contributed by atoms with E-state index in [-0.39, 0.29) is 17.6 Å². The molecule has 1 aliphatic rings. The number of pyridine rings is 1. The first-order valence-electron chi connectivity index (χ1n) is 8.92. The molecule has 6 nitrogen and oxygen atoms in total. The topological polar surface area (TPSA) is 80.3 Å². The van der Waals surface area contributed by atoms with Crippen LogP contribution in [0, 0.1) is 0 Å². The van der Waals surface area contributed by atoms with E-state index in [1.807, 2.05) is 36.4 Å². The highest BCUT2D eigenvalue weighted by molar-refractivity contribution is 7.13. The van der Waals surface area contributed by atoms with E-state index in [1.165, 1.54) is 17.4 Å². The lowest BCUT2D eigenvalue weighted by molar-refractivity contribution is -0.116. The van der Waals surface area contributed by atoms with Crippen LogP contribution in [0.1, 0.15) is 15.3 Å². The lowest BCUT2D eigenvalue weighted by atomic mass is 10.2. The zero-order chi connectivity index (χ0) is 20.1. The Balaban J connectivity index is 1.38. The van der Waals surface area contributed by atoms with Gasteiger partial charge >= 0.3 is 0 Å². The zero-order valence-electron chi connectivity index (χ0n) is 15.3. The van der Waals surface area contributed by atoms with Gasteiger partial charge in [-0.1, -0.05) is 18.2 Å². The molecular formula is C22H17N3O3S. The molecule has 1 aromatic carbocycles. The highest BCUT2D eigenvalue weighted by atomic mass is 32.1. The number of nitrogens with one attached hydrogen (secondary N) is 2. The van der Waals surface area contributed by atoms with Gasteiger partial charge in [-0.25, -0.2) is 0 Å². The molecule has 4 rings (SSSR count). The minimum Gasteiger partial charge on any atom is -0.449 e. The number of fused-ring (bicyclic) bond motifs is 1. The van der Waals surface area contributed by atoms with E-state index in [0.717, 1.165) is 15.3 Å². The van der Waals surface area contributed by atoms with Crippen LogP contribution >= 0.6 is 11.3 Å². The summed E-state index contributed by atoms with van der Waals surface area (Å²) in [6.45, 7) is 0.423. The molecule has 3 heterocycles. The van der Waals surface area contributed by atoms with Crippen molar-refractivity contribution >= 4 is 41.0 Å². The molecule has 144 valence electrons. The number of para-hydroxylation sites is 2. The van der Waals surface area contributed by atoms with Crippen LogP contribution in [-0.2, 0) is 16.1 Å². The van der Waals surface area contributed by atoms with Gasteiger partial charge in [0.2, 0.25) is 5.91 Å². The Bertz CT molecular complexity index is 1100.